The van der Waals surface area contributed by atoms with Gasteiger partial charge in [-0.25, -0.2) is 4.90 Å². The first-order chi connectivity index (χ1) is 21.4. The molecule has 1 N–H and O–H groups in total. The summed E-state index contributed by atoms with van der Waals surface area (Å²) in [4.78, 5) is 42.8. The molecule has 1 aromatic carbocycles. The number of nitrogens with zero attached hydrogens (tertiary/aromatic N) is 2. The van der Waals surface area contributed by atoms with Crippen molar-refractivity contribution in [3.63, 3.8) is 0 Å². The number of unbranched alkanes of at least 4 members (excludes halogenated alkanes) is 2. The molecule has 4 atom stereocenters. The van der Waals surface area contributed by atoms with Crippen molar-refractivity contribution in [2.45, 2.75) is 157 Å². The fraction of sp³-hybridized carbons (Fsp3) is 0.750. The maximum Gasteiger partial charge on any atom is 1.00 e. The minimum atomic E-state index is -1.14. The van der Waals surface area contributed by atoms with Gasteiger partial charge >= 0.3 is 29.6 Å². The normalized spacial score (nSPS) is 21.0. The molecule has 0 aliphatic carbocycles. The second-order valence-corrected chi connectivity index (χ2v) is 28.5. The molecule has 2 heterocycles. The first kappa shape index (κ1) is 45.2. The van der Waals surface area contributed by atoms with Crippen LogP contribution in [0.3, 0.4) is 0 Å². The minimum absolute atomic E-state index is 0. The molecule has 1 aromatic rings. The van der Waals surface area contributed by atoms with E-state index in [0.29, 0.717) is 24.2 Å². The monoisotopic (exact) mass is 726 g/mol. The van der Waals surface area contributed by atoms with E-state index in [9.17, 15) is 14.4 Å². The maximum absolute atomic E-state index is 14.4. The zero-order valence-electron chi connectivity index (χ0n) is 33.2. The Hall–Kier alpha value is -0.799. The number of ether oxygens (including phenoxy) is 1. The summed E-state index contributed by atoms with van der Waals surface area (Å²) in [6.07, 6.45) is 4.64. The van der Waals surface area contributed by atoms with Gasteiger partial charge in [-0.1, -0.05) is 122 Å². The molecule has 8 nitrogen and oxygen atoms in total. The zero-order valence-corrected chi connectivity index (χ0v) is 38.2. The van der Waals surface area contributed by atoms with Gasteiger partial charge in [-0.3, -0.25) is 14.4 Å². The van der Waals surface area contributed by atoms with E-state index in [2.05, 4.69) is 92.3 Å². The summed E-state index contributed by atoms with van der Waals surface area (Å²) in [5.74, 6) is -1.33. The molecule has 267 valence electrons. The second kappa shape index (κ2) is 17.6. The topological polar surface area (TPSA) is 99.0 Å². The molecule has 12 heteroatoms. The molecule has 0 saturated carbocycles. The summed E-state index contributed by atoms with van der Waals surface area (Å²) in [5.41, 5.74) is -1.74. The van der Waals surface area contributed by atoms with Crippen molar-refractivity contribution in [2.75, 3.05) is 0 Å². The Labute approximate surface area is 318 Å². The number of nitrogens with one attached hydrogen (secondary N) is 1. The van der Waals surface area contributed by atoms with E-state index in [1.165, 1.54) is 4.90 Å². The van der Waals surface area contributed by atoms with Gasteiger partial charge in [0.05, 0.1) is 29.0 Å². The predicted molar refractivity (Wildman–Crippen MR) is 201 cm³/mol. The number of fused-ring (bicyclic) bond motifs is 1. The Morgan fingerprint density at radius 1 is 1.00 bits per heavy atom. The SMILES string of the molecule is CCCCC1(CCCC)Oc2ccccc2C(=O)N1C(=O)[C@H](C)[C@H]1NC(=O)[C@@H]1[C@@](C)(O[Si](C)C)C(C)(C)C.C[Si](C)(C)[N-][Si](C)(C)C.[Na+]. The molecule has 3 amide bonds. The van der Waals surface area contributed by atoms with Crippen molar-refractivity contribution in [2.24, 2.45) is 17.3 Å². The number of carbonyl (C=O) groups is 3. The number of hydrogen-bond donors (Lipinski definition) is 1. The number of amides is 3. The number of β-lactam (4-membered cyclic amide) rings is 1. The Balaban J connectivity index is 0.00000101. The van der Waals surface area contributed by atoms with E-state index in [1.807, 2.05) is 26.0 Å². The van der Waals surface area contributed by atoms with Crippen LogP contribution in [0.25, 0.3) is 4.65 Å². The first-order valence-corrected chi connectivity index (χ1v) is 26.9. The molecule has 3 rings (SSSR count). The van der Waals surface area contributed by atoms with Gasteiger partial charge in [-0.2, -0.15) is 0 Å². The van der Waals surface area contributed by atoms with Crippen molar-refractivity contribution in [3.05, 3.63) is 34.5 Å². The van der Waals surface area contributed by atoms with E-state index >= 15 is 0 Å². The van der Waals surface area contributed by atoms with Crippen LogP contribution in [-0.2, 0) is 14.0 Å². The molecule has 0 aromatic heterocycles. The Bertz CT molecular complexity index is 1220. The quantitative estimate of drug-likeness (QED) is 0.199. The van der Waals surface area contributed by atoms with Crippen LogP contribution in [0.5, 0.6) is 5.75 Å². The number of rotatable bonds is 13. The molecule has 1 fully saturated rings. The van der Waals surface area contributed by atoms with Crippen molar-refractivity contribution in [1.29, 1.82) is 0 Å². The first-order valence-electron chi connectivity index (χ1n) is 17.6. The number of para-hydroxylation sites is 1. The summed E-state index contributed by atoms with van der Waals surface area (Å²) in [6.45, 7) is 32.1. The van der Waals surface area contributed by atoms with E-state index < -0.39 is 54.7 Å². The fourth-order valence-corrected chi connectivity index (χ4v) is 16.2. The summed E-state index contributed by atoms with van der Waals surface area (Å²) >= 11 is 0. The number of carbonyl (C=O) groups excluding carboxylic acids is 3. The molecule has 1 radical (unpaired) electrons. The van der Waals surface area contributed by atoms with Gasteiger partial charge in [0.1, 0.15) is 5.75 Å². The van der Waals surface area contributed by atoms with Gasteiger partial charge < -0.3 is 19.1 Å². The number of benzene rings is 1. The molecule has 0 bridgehead atoms. The molecule has 0 spiro atoms. The summed E-state index contributed by atoms with van der Waals surface area (Å²) in [7, 11) is -3.35. The third-order valence-corrected chi connectivity index (χ3v) is 15.3. The van der Waals surface area contributed by atoms with Gasteiger partial charge in [0.15, 0.2) is 5.72 Å². The largest absolute Gasteiger partial charge is 1.00 e. The van der Waals surface area contributed by atoms with Crippen molar-refractivity contribution in [3.8, 4) is 5.75 Å². The average Bonchev–Trinajstić information content (AvgIpc) is 2.90. The number of hydrogen-bond acceptors (Lipinski definition) is 5. The minimum Gasteiger partial charge on any atom is -0.668 e. The zero-order chi connectivity index (χ0) is 36.2. The second-order valence-electron chi connectivity index (χ2n) is 16.9. The van der Waals surface area contributed by atoms with Gasteiger partial charge in [0.25, 0.3) is 5.91 Å². The van der Waals surface area contributed by atoms with E-state index in [0.717, 1.165) is 25.7 Å². The van der Waals surface area contributed by atoms with E-state index in [1.54, 1.807) is 12.1 Å². The molecule has 2 aliphatic heterocycles. The third kappa shape index (κ3) is 11.1. The van der Waals surface area contributed by atoms with Crippen LogP contribution in [0.15, 0.2) is 24.3 Å². The number of imide groups is 1. The van der Waals surface area contributed by atoms with Gasteiger partial charge in [0.2, 0.25) is 20.9 Å². The summed E-state index contributed by atoms with van der Waals surface area (Å²) < 4.78 is 17.9. The fourth-order valence-electron chi connectivity index (χ4n) is 6.83. The predicted octanol–water partition coefficient (Wildman–Crippen LogP) is 5.98. The molecular formula is C36H65N3NaO5Si3. The van der Waals surface area contributed by atoms with Crippen LogP contribution in [0, 0.1) is 17.3 Å². The Morgan fingerprint density at radius 2 is 1.50 bits per heavy atom. The van der Waals surface area contributed by atoms with Crippen LogP contribution >= 0.6 is 0 Å². The smallest absolute Gasteiger partial charge is 0.668 e. The van der Waals surface area contributed by atoms with Crippen LogP contribution in [0.1, 0.15) is 97.3 Å². The van der Waals surface area contributed by atoms with E-state index in [-0.39, 0.29) is 52.7 Å². The molecule has 0 unspecified atom stereocenters. The van der Waals surface area contributed by atoms with Gasteiger partial charge in [-0.15, -0.1) is 0 Å². The van der Waals surface area contributed by atoms with Crippen LogP contribution in [-0.4, -0.2) is 65.5 Å². The van der Waals surface area contributed by atoms with Gasteiger partial charge in [0, 0.05) is 12.8 Å². The van der Waals surface area contributed by atoms with Crippen molar-refractivity contribution < 1.29 is 53.1 Å². The van der Waals surface area contributed by atoms with Crippen LogP contribution in [0.2, 0.25) is 52.4 Å². The Kier molecular flexibility index (Phi) is 16.6. The summed E-state index contributed by atoms with van der Waals surface area (Å²) in [5, 5.41) is 3.00. The summed E-state index contributed by atoms with van der Waals surface area (Å²) in [6, 6.07) is 6.74. The molecule has 48 heavy (non-hydrogen) atoms. The maximum atomic E-state index is 14.4. The Morgan fingerprint density at radius 3 is 1.90 bits per heavy atom. The molecule has 2 aliphatic rings. The van der Waals surface area contributed by atoms with Crippen molar-refractivity contribution in [1.82, 2.24) is 10.2 Å². The standard InChI is InChI=1S/C30H47N2O5Si.C6H18NSi2.Na/c1-10-12-18-30(19-13-11-2)32(27(35)21-16-14-15-17-22(21)36-30)26(34)20(3)24-23(25(33)31-24)29(7,28(4,5)6)37-38(8)9;1-8(2,3)7-9(4,5)6;/h14-17,20,23-24H,10-13,18-19H2,1-9H3,(H,31,33);1-6H3;/q;-1;+1/t20-,23-,24-,29-;;/m1../s1. The van der Waals surface area contributed by atoms with Gasteiger partial charge in [-0.05, 0) is 50.4 Å². The third-order valence-electron chi connectivity index (χ3n) is 9.14. The van der Waals surface area contributed by atoms with Crippen molar-refractivity contribution >= 4 is 43.2 Å². The van der Waals surface area contributed by atoms with Crippen LogP contribution in [0.4, 0.5) is 0 Å². The average molecular weight is 727 g/mol. The molecule has 1 saturated heterocycles. The van der Waals surface area contributed by atoms with Crippen LogP contribution < -0.4 is 39.6 Å². The van der Waals surface area contributed by atoms with E-state index in [4.69, 9.17) is 13.8 Å². The molecular weight excluding hydrogens is 662 g/mol.